The van der Waals surface area contributed by atoms with E-state index in [0.29, 0.717) is 0 Å². The van der Waals surface area contributed by atoms with Gasteiger partial charge in [0.1, 0.15) is 11.9 Å². The van der Waals surface area contributed by atoms with Gasteiger partial charge in [-0.1, -0.05) is 36.9 Å². The number of ether oxygens (including phenoxy) is 1. The molecular weight excluding hydrogens is 253 g/mol. The van der Waals surface area contributed by atoms with Gasteiger partial charge in [-0.05, 0) is 11.6 Å². The van der Waals surface area contributed by atoms with Crippen LogP contribution in [0, 0.1) is 17.5 Å². The summed E-state index contributed by atoms with van der Waals surface area (Å²) in [5.41, 5.74) is 0.780. The third-order valence-electron chi connectivity index (χ3n) is 2.56. The summed E-state index contributed by atoms with van der Waals surface area (Å²) in [6.45, 7) is 3.61. The van der Waals surface area contributed by atoms with Crippen LogP contribution in [-0.2, 0) is 0 Å². The van der Waals surface area contributed by atoms with Crippen LogP contribution in [0.25, 0.3) is 0 Å². The van der Waals surface area contributed by atoms with Crippen LogP contribution < -0.4 is 4.74 Å². The molecule has 2 aromatic rings. The molecule has 0 aliphatic carbocycles. The van der Waals surface area contributed by atoms with Crippen LogP contribution in [0.4, 0.5) is 13.2 Å². The second-order valence-electron chi connectivity index (χ2n) is 3.89. The van der Waals surface area contributed by atoms with Gasteiger partial charge in [-0.25, -0.2) is 13.2 Å². The Balaban J connectivity index is 2.27. The van der Waals surface area contributed by atoms with Crippen LogP contribution in [0.5, 0.6) is 5.75 Å². The highest BCUT2D eigenvalue weighted by molar-refractivity contribution is 5.28. The van der Waals surface area contributed by atoms with E-state index in [0.717, 1.165) is 17.7 Å². The van der Waals surface area contributed by atoms with Crippen LogP contribution in [0.3, 0.4) is 0 Å². The third-order valence-corrected chi connectivity index (χ3v) is 2.56. The van der Waals surface area contributed by atoms with Gasteiger partial charge >= 0.3 is 0 Å². The fourth-order valence-corrected chi connectivity index (χ4v) is 1.64. The van der Waals surface area contributed by atoms with Crippen molar-refractivity contribution in [1.29, 1.82) is 0 Å². The molecule has 0 aromatic heterocycles. The minimum absolute atomic E-state index is 0.0925. The fraction of sp³-hybridized carbons (Fsp3) is 0.0667. The molecule has 0 N–H and O–H groups in total. The Labute approximate surface area is 109 Å². The Bertz CT molecular complexity index is 558. The summed E-state index contributed by atoms with van der Waals surface area (Å²) in [7, 11) is 0. The number of halogens is 3. The molecule has 98 valence electrons. The van der Waals surface area contributed by atoms with E-state index in [1.807, 2.05) is 6.07 Å². The molecule has 1 unspecified atom stereocenters. The lowest BCUT2D eigenvalue weighted by atomic mass is 10.1. The molecule has 1 nitrogen and oxygen atoms in total. The number of benzene rings is 2. The third kappa shape index (κ3) is 2.96. The molecule has 0 saturated heterocycles. The monoisotopic (exact) mass is 264 g/mol. The quantitative estimate of drug-likeness (QED) is 0.587. The van der Waals surface area contributed by atoms with E-state index in [4.69, 9.17) is 4.74 Å². The van der Waals surface area contributed by atoms with Gasteiger partial charge in [0.15, 0.2) is 17.5 Å². The minimum atomic E-state index is -1.51. The van der Waals surface area contributed by atoms with E-state index < -0.39 is 23.6 Å². The Morgan fingerprint density at radius 2 is 1.58 bits per heavy atom. The minimum Gasteiger partial charge on any atom is -0.481 e. The molecule has 4 heteroatoms. The Morgan fingerprint density at radius 1 is 1.00 bits per heavy atom. The molecule has 2 rings (SSSR count). The number of rotatable bonds is 4. The predicted octanol–water partition coefficient (Wildman–Crippen LogP) is 4.41. The first-order valence-electron chi connectivity index (χ1n) is 5.60. The highest BCUT2D eigenvalue weighted by Gasteiger charge is 2.14. The van der Waals surface area contributed by atoms with Crippen LogP contribution in [0.15, 0.2) is 55.1 Å². The highest BCUT2D eigenvalue weighted by atomic mass is 19.2. The average Bonchev–Trinajstić information content (AvgIpc) is 2.43. The molecule has 19 heavy (non-hydrogen) atoms. The zero-order valence-electron chi connectivity index (χ0n) is 9.95. The van der Waals surface area contributed by atoms with Crippen molar-refractivity contribution >= 4 is 0 Å². The van der Waals surface area contributed by atoms with Crippen LogP contribution >= 0.6 is 0 Å². The molecule has 0 aliphatic rings. The van der Waals surface area contributed by atoms with E-state index in [1.54, 1.807) is 24.3 Å². The molecule has 0 bridgehead atoms. The Hall–Kier alpha value is -2.23. The van der Waals surface area contributed by atoms with Crippen molar-refractivity contribution in [3.63, 3.8) is 0 Å². The molecule has 0 radical (unpaired) electrons. The van der Waals surface area contributed by atoms with Crippen molar-refractivity contribution in [2.45, 2.75) is 6.10 Å². The van der Waals surface area contributed by atoms with E-state index >= 15 is 0 Å². The predicted molar refractivity (Wildman–Crippen MR) is 66.3 cm³/mol. The molecule has 0 fully saturated rings. The normalized spacial score (nSPS) is 11.9. The molecule has 2 aromatic carbocycles. The van der Waals surface area contributed by atoms with Gasteiger partial charge in [-0.2, -0.15) is 0 Å². The zero-order chi connectivity index (χ0) is 13.8. The van der Waals surface area contributed by atoms with E-state index in [2.05, 4.69) is 6.58 Å². The zero-order valence-corrected chi connectivity index (χ0v) is 9.95. The second-order valence-corrected chi connectivity index (χ2v) is 3.89. The van der Waals surface area contributed by atoms with Crippen molar-refractivity contribution in [3.8, 4) is 5.75 Å². The maximum atomic E-state index is 13.1. The first kappa shape index (κ1) is 13.2. The van der Waals surface area contributed by atoms with Crippen LogP contribution in [0.2, 0.25) is 0 Å². The topological polar surface area (TPSA) is 9.23 Å². The molecule has 0 saturated carbocycles. The average molecular weight is 264 g/mol. The van der Waals surface area contributed by atoms with Gasteiger partial charge in [-0.3, -0.25) is 0 Å². The lowest BCUT2D eigenvalue weighted by molar-refractivity contribution is 0.251. The standard InChI is InChI=1S/C15H11F3O/c1-2-14(10-6-4-3-5-7-10)19-11-8-12(16)15(18)13(17)9-11/h2-9,14H,1H2. The maximum Gasteiger partial charge on any atom is 0.194 e. The lowest BCUT2D eigenvalue weighted by Gasteiger charge is -2.16. The van der Waals surface area contributed by atoms with Crippen molar-refractivity contribution in [2.24, 2.45) is 0 Å². The molecule has 0 aliphatic heterocycles. The maximum absolute atomic E-state index is 13.1. The molecule has 0 heterocycles. The van der Waals surface area contributed by atoms with Gasteiger partial charge in [0, 0.05) is 12.1 Å². The summed E-state index contributed by atoms with van der Waals surface area (Å²) >= 11 is 0. The summed E-state index contributed by atoms with van der Waals surface area (Å²) in [6.07, 6.45) is 0.930. The van der Waals surface area contributed by atoms with E-state index in [1.165, 1.54) is 6.08 Å². The lowest BCUT2D eigenvalue weighted by Crippen LogP contribution is -2.05. The summed E-state index contributed by atoms with van der Waals surface area (Å²) in [4.78, 5) is 0. The first-order chi connectivity index (χ1) is 9.11. The van der Waals surface area contributed by atoms with Crippen molar-refractivity contribution in [1.82, 2.24) is 0 Å². The number of hydrogen-bond donors (Lipinski definition) is 0. The first-order valence-corrected chi connectivity index (χ1v) is 5.60. The Morgan fingerprint density at radius 3 is 2.11 bits per heavy atom. The van der Waals surface area contributed by atoms with Gasteiger partial charge in [0.05, 0.1) is 0 Å². The van der Waals surface area contributed by atoms with Crippen molar-refractivity contribution in [3.05, 3.63) is 78.1 Å². The molecule has 0 amide bonds. The van der Waals surface area contributed by atoms with E-state index in [9.17, 15) is 13.2 Å². The summed E-state index contributed by atoms with van der Waals surface area (Å²) < 4.78 is 44.4. The van der Waals surface area contributed by atoms with Crippen molar-refractivity contribution < 1.29 is 17.9 Å². The summed E-state index contributed by atoms with van der Waals surface area (Å²) in [6, 6.07) is 10.6. The van der Waals surface area contributed by atoms with Gasteiger partial charge in [-0.15, -0.1) is 0 Å². The summed E-state index contributed by atoms with van der Waals surface area (Å²) in [5.74, 6) is -4.18. The highest BCUT2D eigenvalue weighted by Crippen LogP contribution is 2.25. The summed E-state index contributed by atoms with van der Waals surface area (Å²) in [5, 5.41) is 0. The molecular formula is C15H11F3O. The van der Waals surface area contributed by atoms with Crippen molar-refractivity contribution in [2.75, 3.05) is 0 Å². The SMILES string of the molecule is C=CC(Oc1cc(F)c(F)c(F)c1)c1ccccc1. The van der Waals surface area contributed by atoms with Crippen LogP contribution in [0.1, 0.15) is 11.7 Å². The Kier molecular flexibility index (Phi) is 3.90. The van der Waals surface area contributed by atoms with Crippen LogP contribution in [-0.4, -0.2) is 0 Å². The van der Waals surface area contributed by atoms with Gasteiger partial charge in [0.2, 0.25) is 0 Å². The molecule has 1 atom stereocenters. The molecule has 0 spiro atoms. The number of hydrogen-bond acceptors (Lipinski definition) is 1. The van der Waals surface area contributed by atoms with Gasteiger partial charge in [0.25, 0.3) is 0 Å². The second kappa shape index (κ2) is 5.61. The fourth-order valence-electron chi connectivity index (χ4n) is 1.64. The largest absolute Gasteiger partial charge is 0.481 e. The van der Waals surface area contributed by atoms with Gasteiger partial charge < -0.3 is 4.74 Å². The van der Waals surface area contributed by atoms with E-state index in [-0.39, 0.29) is 5.75 Å². The smallest absolute Gasteiger partial charge is 0.194 e.